The number of likely N-dealkylation sites (N-methyl/N-ethyl adjacent to an activating group) is 1. The van der Waals surface area contributed by atoms with Gasteiger partial charge in [0.1, 0.15) is 23.2 Å². The number of anilines is 1. The lowest BCUT2D eigenvalue weighted by molar-refractivity contribution is -0.120. The van der Waals surface area contributed by atoms with Crippen molar-refractivity contribution in [1.82, 2.24) is 0 Å². The van der Waals surface area contributed by atoms with Crippen LogP contribution in [0, 0.1) is 17.1 Å². The number of hydrogen-bond acceptors (Lipinski definition) is 5. The average molecular weight is 342 g/mol. The summed E-state index contributed by atoms with van der Waals surface area (Å²) in [6, 6.07) is 12.1. The van der Waals surface area contributed by atoms with Gasteiger partial charge in [-0.05, 0) is 24.3 Å². The summed E-state index contributed by atoms with van der Waals surface area (Å²) < 4.78 is 23.5. The Morgan fingerprint density at radius 2 is 1.92 bits per heavy atom. The van der Waals surface area contributed by atoms with Crippen LogP contribution in [-0.2, 0) is 9.53 Å². The second-order valence-electron chi connectivity index (χ2n) is 4.97. The molecule has 0 unspecified atom stereocenters. The number of carbonyl (C=O) groups is 2. The van der Waals surface area contributed by atoms with E-state index in [1.54, 1.807) is 24.3 Å². The van der Waals surface area contributed by atoms with Crippen molar-refractivity contribution in [2.24, 2.45) is 0 Å². The van der Waals surface area contributed by atoms with Crippen molar-refractivity contribution in [2.75, 3.05) is 25.7 Å². The fourth-order valence-electron chi connectivity index (χ4n) is 2.15. The molecule has 1 amide bonds. The number of methoxy groups -OCH3 is 1. The van der Waals surface area contributed by atoms with Crippen molar-refractivity contribution in [3.63, 3.8) is 0 Å². The molecule has 0 heterocycles. The SMILES string of the molecule is COC(=O)c1ccccc1N(C)C(=O)COc1cccc(F)c1C#N. The first-order chi connectivity index (χ1) is 12.0. The fourth-order valence-corrected chi connectivity index (χ4v) is 2.15. The predicted octanol–water partition coefficient (Wildman–Crippen LogP) is 2.53. The maximum atomic E-state index is 13.5. The highest BCUT2D eigenvalue weighted by molar-refractivity contribution is 6.02. The van der Waals surface area contributed by atoms with E-state index in [-0.39, 0.29) is 16.9 Å². The second kappa shape index (κ2) is 7.93. The minimum atomic E-state index is -0.725. The molecule has 0 saturated heterocycles. The molecule has 0 fully saturated rings. The van der Waals surface area contributed by atoms with Crippen molar-refractivity contribution in [3.8, 4) is 11.8 Å². The number of benzene rings is 2. The Morgan fingerprint density at radius 1 is 1.20 bits per heavy atom. The molecule has 0 radical (unpaired) electrons. The van der Waals surface area contributed by atoms with Gasteiger partial charge in [0.05, 0.1) is 18.4 Å². The third-order valence-corrected chi connectivity index (χ3v) is 3.48. The van der Waals surface area contributed by atoms with Crippen molar-refractivity contribution in [2.45, 2.75) is 0 Å². The number of carbonyl (C=O) groups excluding carboxylic acids is 2. The first kappa shape index (κ1) is 17.9. The minimum absolute atomic E-state index is 0.0227. The van der Waals surface area contributed by atoms with E-state index in [0.29, 0.717) is 5.69 Å². The Balaban J connectivity index is 2.16. The van der Waals surface area contributed by atoms with Gasteiger partial charge in [-0.25, -0.2) is 9.18 Å². The highest BCUT2D eigenvalue weighted by Crippen LogP contribution is 2.22. The number of halogens is 1. The first-order valence-corrected chi connectivity index (χ1v) is 7.25. The van der Waals surface area contributed by atoms with Crippen LogP contribution in [0.15, 0.2) is 42.5 Å². The lowest BCUT2D eigenvalue weighted by Crippen LogP contribution is -2.32. The van der Waals surface area contributed by atoms with Gasteiger partial charge in [0, 0.05) is 7.05 Å². The van der Waals surface area contributed by atoms with Gasteiger partial charge in [0.2, 0.25) is 0 Å². The molecule has 2 rings (SSSR count). The van der Waals surface area contributed by atoms with Crippen LogP contribution in [0.4, 0.5) is 10.1 Å². The number of ether oxygens (including phenoxy) is 2. The van der Waals surface area contributed by atoms with Crippen LogP contribution in [0.5, 0.6) is 5.75 Å². The highest BCUT2D eigenvalue weighted by Gasteiger charge is 2.20. The second-order valence-corrected chi connectivity index (χ2v) is 4.97. The number of rotatable bonds is 5. The molecule has 0 aliphatic carbocycles. The normalized spacial score (nSPS) is 9.84. The molecule has 0 bridgehead atoms. The van der Waals surface area contributed by atoms with E-state index in [2.05, 4.69) is 0 Å². The van der Waals surface area contributed by atoms with Crippen molar-refractivity contribution in [1.29, 1.82) is 5.26 Å². The zero-order valence-electron chi connectivity index (χ0n) is 13.7. The van der Waals surface area contributed by atoms with Gasteiger partial charge in [0.15, 0.2) is 6.61 Å². The van der Waals surface area contributed by atoms with Gasteiger partial charge in [-0.15, -0.1) is 0 Å². The Hall–Kier alpha value is -3.40. The van der Waals surface area contributed by atoms with E-state index < -0.39 is 24.3 Å². The number of esters is 1. The number of amides is 1. The largest absolute Gasteiger partial charge is 0.482 e. The van der Waals surface area contributed by atoms with E-state index >= 15 is 0 Å². The molecule has 0 N–H and O–H groups in total. The number of nitriles is 1. The average Bonchev–Trinajstić information content (AvgIpc) is 2.64. The van der Waals surface area contributed by atoms with Crippen LogP contribution in [0.1, 0.15) is 15.9 Å². The Labute approximate surface area is 144 Å². The molecule has 0 aliphatic rings. The topological polar surface area (TPSA) is 79.6 Å². The quantitative estimate of drug-likeness (QED) is 0.780. The van der Waals surface area contributed by atoms with Gasteiger partial charge in [-0.1, -0.05) is 18.2 Å². The molecule has 7 heteroatoms. The molecule has 2 aromatic carbocycles. The third kappa shape index (κ3) is 3.93. The number of hydrogen-bond donors (Lipinski definition) is 0. The number of nitrogens with zero attached hydrogens (tertiary/aromatic N) is 2. The summed E-state index contributed by atoms with van der Waals surface area (Å²) >= 11 is 0. The smallest absolute Gasteiger partial charge is 0.339 e. The summed E-state index contributed by atoms with van der Waals surface area (Å²) in [6.07, 6.45) is 0. The van der Waals surface area contributed by atoms with Crippen molar-refractivity contribution < 1.29 is 23.5 Å². The molecule has 2 aromatic rings. The van der Waals surface area contributed by atoms with Crippen LogP contribution in [0.2, 0.25) is 0 Å². The lowest BCUT2D eigenvalue weighted by atomic mass is 10.1. The van der Waals surface area contributed by atoms with Crippen molar-refractivity contribution >= 4 is 17.6 Å². The Bertz CT molecular complexity index is 845. The number of para-hydroxylation sites is 1. The van der Waals surface area contributed by atoms with Gasteiger partial charge in [0.25, 0.3) is 5.91 Å². The van der Waals surface area contributed by atoms with Crippen LogP contribution < -0.4 is 9.64 Å². The van der Waals surface area contributed by atoms with Gasteiger partial charge in [-0.2, -0.15) is 5.26 Å². The van der Waals surface area contributed by atoms with Crippen LogP contribution in [-0.4, -0.2) is 32.6 Å². The molecule has 25 heavy (non-hydrogen) atoms. The summed E-state index contributed by atoms with van der Waals surface area (Å²) in [7, 11) is 2.72. The predicted molar refractivity (Wildman–Crippen MR) is 87.8 cm³/mol. The monoisotopic (exact) mass is 342 g/mol. The van der Waals surface area contributed by atoms with Crippen molar-refractivity contribution in [3.05, 3.63) is 59.4 Å². The van der Waals surface area contributed by atoms with Gasteiger partial charge < -0.3 is 14.4 Å². The molecule has 6 nitrogen and oxygen atoms in total. The van der Waals surface area contributed by atoms with E-state index in [1.807, 2.05) is 0 Å². The lowest BCUT2D eigenvalue weighted by Gasteiger charge is -2.20. The molecule has 0 saturated carbocycles. The third-order valence-electron chi connectivity index (χ3n) is 3.48. The molecule has 0 spiro atoms. The Kier molecular flexibility index (Phi) is 5.69. The van der Waals surface area contributed by atoms with E-state index in [4.69, 9.17) is 14.7 Å². The molecule has 128 valence electrons. The summed E-state index contributed by atoms with van der Waals surface area (Å²) in [5, 5.41) is 8.96. The fraction of sp³-hybridized carbons (Fsp3) is 0.167. The van der Waals surface area contributed by atoms with Crippen LogP contribution in [0.3, 0.4) is 0 Å². The summed E-state index contributed by atoms with van der Waals surface area (Å²) in [5.74, 6) is -1.81. The summed E-state index contributed by atoms with van der Waals surface area (Å²) in [4.78, 5) is 25.4. The zero-order valence-corrected chi connectivity index (χ0v) is 13.7. The maximum Gasteiger partial charge on any atom is 0.339 e. The van der Waals surface area contributed by atoms with Gasteiger partial charge >= 0.3 is 5.97 Å². The first-order valence-electron chi connectivity index (χ1n) is 7.25. The summed E-state index contributed by atoms with van der Waals surface area (Å²) in [6.45, 7) is -0.426. The highest BCUT2D eigenvalue weighted by atomic mass is 19.1. The molecular weight excluding hydrogens is 327 g/mol. The van der Waals surface area contributed by atoms with E-state index in [1.165, 1.54) is 37.3 Å². The minimum Gasteiger partial charge on any atom is -0.482 e. The van der Waals surface area contributed by atoms with E-state index in [0.717, 1.165) is 6.07 Å². The molecule has 0 atom stereocenters. The summed E-state index contributed by atoms with van der Waals surface area (Å²) in [5.41, 5.74) is 0.305. The molecular formula is C18H15FN2O4. The van der Waals surface area contributed by atoms with Crippen LogP contribution in [0.25, 0.3) is 0 Å². The van der Waals surface area contributed by atoms with Crippen LogP contribution >= 0.6 is 0 Å². The maximum absolute atomic E-state index is 13.5. The Morgan fingerprint density at radius 3 is 2.60 bits per heavy atom. The van der Waals surface area contributed by atoms with E-state index in [9.17, 15) is 14.0 Å². The standard InChI is InChI=1S/C18H15FN2O4/c1-21(15-8-4-3-6-12(15)18(23)24-2)17(22)11-25-16-9-5-7-14(19)13(16)10-20/h3-9H,11H2,1-2H3. The zero-order chi connectivity index (χ0) is 18.4. The molecule has 0 aliphatic heterocycles. The van der Waals surface area contributed by atoms with Gasteiger partial charge in [-0.3, -0.25) is 4.79 Å². The molecule has 0 aromatic heterocycles.